The normalized spacial score (nSPS) is 16.9. The maximum absolute atomic E-state index is 2.70. The molecule has 0 spiro atoms. The Kier molecular flexibility index (Phi) is 9.00. The van der Waals surface area contributed by atoms with Crippen molar-refractivity contribution in [2.75, 3.05) is 0 Å². The van der Waals surface area contributed by atoms with E-state index in [9.17, 15) is 0 Å². The van der Waals surface area contributed by atoms with Crippen LogP contribution in [0.2, 0.25) is 58.9 Å². The Hall–Kier alpha value is -1.99. The standard InChI is InChI=1S/C39H58Si4/c1-26-17-20-33(23-36(26)40(8,9)10)43(39-31(6)29(4)30(5)32(39)7,34-21-18-27(2)37(24-34)41(11,12)13)35-22-19-28(3)38(25-35)42(14,15)16/h17-25,31H,1-16H3. The van der Waals surface area contributed by atoms with E-state index in [-0.39, 0.29) is 0 Å². The lowest BCUT2D eigenvalue weighted by Gasteiger charge is -2.41. The number of rotatable bonds is 7. The zero-order chi connectivity index (χ0) is 32.4. The molecule has 1 aliphatic rings. The van der Waals surface area contributed by atoms with Gasteiger partial charge in [0, 0.05) is 0 Å². The molecular weight excluding hydrogens is 581 g/mol. The summed E-state index contributed by atoms with van der Waals surface area (Å²) in [5.41, 5.74) is 8.97. The van der Waals surface area contributed by atoms with Crippen LogP contribution < -0.4 is 31.1 Å². The molecule has 0 aromatic heterocycles. The van der Waals surface area contributed by atoms with Gasteiger partial charge >= 0.3 is 0 Å². The summed E-state index contributed by atoms with van der Waals surface area (Å²) >= 11 is 0. The van der Waals surface area contributed by atoms with Gasteiger partial charge in [-0.15, -0.1) is 0 Å². The average Bonchev–Trinajstić information content (AvgIpc) is 3.07. The number of hydrogen-bond donors (Lipinski definition) is 0. The minimum absolute atomic E-state index is 0.427. The number of aryl methyl sites for hydroxylation is 3. The fourth-order valence-electron chi connectivity index (χ4n) is 7.93. The van der Waals surface area contributed by atoms with E-state index in [1.807, 2.05) is 0 Å². The summed E-state index contributed by atoms with van der Waals surface area (Å²) in [4.78, 5) is 0. The van der Waals surface area contributed by atoms with Gasteiger partial charge in [0.05, 0.1) is 24.2 Å². The lowest BCUT2D eigenvalue weighted by Crippen LogP contribution is -2.71. The Balaban J connectivity index is 2.33. The molecule has 0 saturated heterocycles. The second-order valence-corrected chi connectivity index (χ2v) is 35.5. The Morgan fingerprint density at radius 2 is 0.744 bits per heavy atom. The van der Waals surface area contributed by atoms with Crippen molar-refractivity contribution in [3.8, 4) is 0 Å². The second-order valence-electron chi connectivity index (χ2n) is 16.7. The van der Waals surface area contributed by atoms with Crippen LogP contribution in [0.15, 0.2) is 76.5 Å². The van der Waals surface area contributed by atoms with E-state index in [0.717, 1.165) is 0 Å². The number of hydrogen-bond acceptors (Lipinski definition) is 0. The summed E-state index contributed by atoms with van der Waals surface area (Å²) in [6.45, 7) is 39.4. The fraction of sp³-hybridized carbons (Fsp3) is 0.436. The Bertz CT molecular complexity index is 1480. The molecule has 0 N–H and O–H groups in total. The van der Waals surface area contributed by atoms with Gasteiger partial charge in [0.15, 0.2) is 8.07 Å². The van der Waals surface area contributed by atoms with E-state index in [2.05, 4.69) is 162 Å². The molecule has 1 unspecified atom stereocenters. The van der Waals surface area contributed by atoms with E-state index < -0.39 is 32.3 Å². The highest BCUT2D eigenvalue weighted by Crippen LogP contribution is 2.41. The summed E-state index contributed by atoms with van der Waals surface area (Å²) in [5.74, 6) is 0.427. The maximum atomic E-state index is 2.70. The zero-order valence-corrected chi connectivity index (χ0v) is 34.3. The summed E-state index contributed by atoms with van der Waals surface area (Å²) in [5, 5.41) is 11.3. The molecule has 43 heavy (non-hydrogen) atoms. The average molecular weight is 639 g/mol. The van der Waals surface area contributed by atoms with Crippen LogP contribution in [0.1, 0.15) is 44.4 Å². The van der Waals surface area contributed by atoms with Gasteiger partial charge in [-0.1, -0.05) is 169 Å². The van der Waals surface area contributed by atoms with Crippen molar-refractivity contribution >= 4 is 63.4 Å². The van der Waals surface area contributed by atoms with Crippen LogP contribution in [-0.2, 0) is 0 Å². The first-order valence-electron chi connectivity index (χ1n) is 16.4. The van der Waals surface area contributed by atoms with Crippen molar-refractivity contribution in [1.29, 1.82) is 0 Å². The van der Waals surface area contributed by atoms with Gasteiger partial charge in [0.25, 0.3) is 0 Å². The third-order valence-electron chi connectivity index (χ3n) is 10.5. The molecule has 0 nitrogen and oxygen atoms in total. The number of benzene rings is 3. The van der Waals surface area contributed by atoms with Gasteiger partial charge in [-0.05, 0) is 68.6 Å². The van der Waals surface area contributed by atoms with Crippen LogP contribution in [0.25, 0.3) is 0 Å². The van der Waals surface area contributed by atoms with Crippen molar-refractivity contribution in [2.24, 2.45) is 5.92 Å². The molecule has 4 heteroatoms. The van der Waals surface area contributed by atoms with Crippen LogP contribution in [0.4, 0.5) is 0 Å². The van der Waals surface area contributed by atoms with E-state index in [1.54, 1.807) is 41.9 Å². The minimum Gasteiger partial charge on any atom is -0.0656 e. The Morgan fingerprint density at radius 1 is 0.442 bits per heavy atom. The topological polar surface area (TPSA) is 0 Å². The van der Waals surface area contributed by atoms with Crippen molar-refractivity contribution in [2.45, 2.75) is 107 Å². The second kappa shape index (κ2) is 11.4. The van der Waals surface area contributed by atoms with Gasteiger partial charge in [-0.3, -0.25) is 0 Å². The summed E-state index contributed by atoms with van der Waals surface area (Å²) in [6, 6.07) is 23.1. The molecule has 1 atom stereocenters. The quantitative estimate of drug-likeness (QED) is 0.185. The molecule has 4 rings (SSSR count). The van der Waals surface area contributed by atoms with E-state index >= 15 is 0 Å². The maximum Gasteiger partial charge on any atom is 0.176 e. The molecule has 1 aliphatic carbocycles. The molecule has 3 aromatic carbocycles. The van der Waals surface area contributed by atoms with Gasteiger partial charge < -0.3 is 0 Å². The van der Waals surface area contributed by atoms with Crippen molar-refractivity contribution in [3.05, 3.63) is 93.2 Å². The molecule has 3 aromatic rings. The summed E-state index contributed by atoms with van der Waals surface area (Å²) in [6.07, 6.45) is 0. The summed E-state index contributed by atoms with van der Waals surface area (Å²) < 4.78 is 0. The molecule has 0 fully saturated rings. The van der Waals surface area contributed by atoms with E-state index in [1.165, 1.54) is 27.8 Å². The fourth-order valence-corrected chi connectivity index (χ4v) is 19.6. The first-order valence-corrected chi connectivity index (χ1v) is 28.9. The Labute approximate surface area is 268 Å². The van der Waals surface area contributed by atoms with Crippen molar-refractivity contribution < 1.29 is 0 Å². The van der Waals surface area contributed by atoms with Crippen molar-refractivity contribution in [1.82, 2.24) is 0 Å². The molecule has 0 amide bonds. The van der Waals surface area contributed by atoms with Crippen LogP contribution in [-0.4, -0.2) is 32.3 Å². The van der Waals surface area contributed by atoms with Gasteiger partial charge in [0.2, 0.25) is 0 Å². The van der Waals surface area contributed by atoms with Crippen LogP contribution in [0.5, 0.6) is 0 Å². The Morgan fingerprint density at radius 3 is 0.977 bits per heavy atom. The largest absolute Gasteiger partial charge is 0.176 e. The SMILES string of the molecule is CC1=C(C)C(C)C([Si](c2ccc(C)c([Si](C)(C)C)c2)(c2ccc(C)c([Si](C)(C)C)c2)c2ccc(C)c([Si](C)(C)C)c2)=C1C. The van der Waals surface area contributed by atoms with Crippen molar-refractivity contribution in [3.63, 3.8) is 0 Å². The molecule has 0 bridgehead atoms. The number of allylic oxidation sites excluding steroid dienone is 4. The molecule has 0 radical (unpaired) electrons. The zero-order valence-electron chi connectivity index (χ0n) is 30.3. The molecule has 0 saturated carbocycles. The van der Waals surface area contributed by atoms with Crippen LogP contribution >= 0.6 is 0 Å². The monoisotopic (exact) mass is 638 g/mol. The third-order valence-corrected chi connectivity index (χ3v) is 22.1. The predicted octanol–water partition coefficient (Wildman–Crippen LogP) is 7.56. The molecular formula is C39H58Si4. The van der Waals surface area contributed by atoms with E-state index in [0.29, 0.717) is 5.92 Å². The van der Waals surface area contributed by atoms with Gasteiger partial charge in [-0.2, -0.15) is 0 Å². The highest BCUT2D eigenvalue weighted by atomic mass is 28.3. The van der Waals surface area contributed by atoms with Gasteiger partial charge in [-0.25, -0.2) is 0 Å². The van der Waals surface area contributed by atoms with Gasteiger partial charge in [0.1, 0.15) is 0 Å². The first-order chi connectivity index (χ1) is 19.6. The first kappa shape index (κ1) is 33.9. The van der Waals surface area contributed by atoms with E-state index in [4.69, 9.17) is 0 Å². The molecule has 0 aliphatic heterocycles. The summed E-state index contributed by atoms with van der Waals surface area (Å²) in [7, 11) is -7.44. The predicted molar refractivity (Wildman–Crippen MR) is 207 cm³/mol. The van der Waals surface area contributed by atoms with Crippen LogP contribution in [0.3, 0.4) is 0 Å². The lowest BCUT2D eigenvalue weighted by molar-refractivity contribution is 0.851. The smallest absolute Gasteiger partial charge is 0.0656 e. The lowest BCUT2D eigenvalue weighted by atomic mass is 10.1. The van der Waals surface area contributed by atoms with Crippen LogP contribution in [0, 0.1) is 26.7 Å². The minimum atomic E-state index is -2.70. The molecule has 0 heterocycles. The highest BCUT2D eigenvalue weighted by molar-refractivity contribution is 7.17. The third kappa shape index (κ3) is 5.90. The highest BCUT2D eigenvalue weighted by Gasteiger charge is 2.49. The molecule has 230 valence electrons.